The van der Waals surface area contributed by atoms with Gasteiger partial charge in [0, 0.05) is 19.8 Å². The van der Waals surface area contributed by atoms with Gasteiger partial charge in [-0.2, -0.15) is 16.8 Å². The Labute approximate surface area is 118 Å². The van der Waals surface area contributed by atoms with Crippen molar-refractivity contribution >= 4 is 20.2 Å². The molecular weight excluding hydrogens is 308 g/mol. The summed E-state index contributed by atoms with van der Waals surface area (Å²) in [6, 6.07) is 0. The quantitative estimate of drug-likeness (QED) is 0.497. The molecule has 1 heterocycles. The van der Waals surface area contributed by atoms with Crippen LogP contribution in [0.2, 0.25) is 0 Å². The number of rotatable bonds is 8. The Morgan fingerprint density at radius 3 is 2.20 bits per heavy atom. The molecule has 0 bridgehead atoms. The lowest BCUT2D eigenvalue weighted by Gasteiger charge is -1.97. The molecule has 8 nitrogen and oxygen atoms in total. The van der Waals surface area contributed by atoms with Gasteiger partial charge in [0.05, 0.1) is 24.6 Å². The van der Waals surface area contributed by atoms with Crippen LogP contribution in [-0.2, 0) is 33.3 Å². The van der Waals surface area contributed by atoms with E-state index in [4.69, 9.17) is 9.11 Å². The van der Waals surface area contributed by atoms with E-state index < -0.39 is 20.2 Å². The molecule has 0 fully saturated rings. The lowest BCUT2D eigenvalue weighted by atomic mass is 10.4. The number of aromatic nitrogens is 2. The summed E-state index contributed by atoms with van der Waals surface area (Å²) in [6.45, 7) is 2.72. The molecule has 0 saturated heterocycles. The standard InChI is InChI=1S/C10H18N2O6S2/c1-10-8-11(4-2-6-19(13,14)15)9-12(10)5-3-7-20(16,17)18/h8-9H,2-7H2,1H3,(H-,13,14,15,16,17,18)/p+1. The molecule has 0 aliphatic rings. The molecule has 0 saturated carbocycles. The number of imidazole rings is 1. The van der Waals surface area contributed by atoms with Gasteiger partial charge in [0.2, 0.25) is 6.33 Å². The molecule has 0 radical (unpaired) electrons. The third-order valence-electron chi connectivity index (χ3n) is 2.71. The van der Waals surface area contributed by atoms with Gasteiger partial charge >= 0.3 is 0 Å². The first-order valence-corrected chi connectivity index (χ1v) is 9.25. The van der Waals surface area contributed by atoms with E-state index in [9.17, 15) is 16.8 Å². The van der Waals surface area contributed by atoms with Crippen molar-refractivity contribution in [2.45, 2.75) is 32.9 Å². The van der Waals surface area contributed by atoms with Crippen LogP contribution in [0.4, 0.5) is 0 Å². The Morgan fingerprint density at radius 1 is 1.10 bits per heavy atom. The zero-order chi connectivity index (χ0) is 15.4. The highest BCUT2D eigenvalue weighted by atomic mass is 32.2. The van der Waals surface area contributed by atoms with Crippen molar-refractivity contribution in [1.82, 2.24) is 4.57 Å². The summed E-state index contributed by atoms with van der Waals surface area (Å²) in [4.78, 5) is 0. The highest BCUT2D eigenvalue weighted by Gasteiger charge is 2.12. The summed E-state index contributed by atoms with van der Waals surface area (Å²) in [7, 11) is -7.89. The van der Waals surface area contributed by atoms with Crippen LogP contribution in [0.5, 0.6) is 0 Å². The van der Waals surface area contributed by atoms with Gasteiger partial charge in [-0.05, 0) is 0 Å². The molecule has 0 aromatic carbocycles. The number of aryl methyl sites for hydroxylation is 3. The van der Waals surface area contributed by atoms with Crippen molar-refractivity contribution in [3.63, 3.8) is 0 Å². The van der Waals surface area contributed by atoms with Crippen molar-refractivity contribution in [2.75, 3.05) is 11.5 Å². The third kappa shape index (κ3) is 6.98. The summed E-state index contributed by atoms with van der Waals surface area (Å²) in [6.07, 6.45) is 4.12. The fraction of sp³-hybridized carbons (Fsp3) is 0.700. The molecule has 0 aliphatic heterocycles. The van der Waals surface area contributed by atoms with Crippen LogP contribution in [0.1, 0.15) is 18.5 Å². The van der Waals surface area contributed by atoms with E-state index in [-0.39, 0.29) is 17.9 Å². The number of nitrogens with zero attached hydrogens (tertiary/aromatic N) is 2. The van der Waals surface area contributed by atoms with Gasteiger partial charge in [0.15, 0.2) is 0 Å². The maximum Gasteiger partial charge on any atom is 0.265 e. The van der Waals surface area contributed by atoms with Gasteiger partial charge in [0.25, 0.3) is 20.2 Å². The Hall–Kier alpha value is -0.970. The molecule has 2 N–H and O–H groups in total. The van der Waals surface area contributed by atoms with E-state index in [1.54, 1.807) is 17.1 Å². The van der Waals surface area contributed by atoms with E-state index in [0.29, 0.717) is 19.5 Å². The topological polar surface area (TPSA) is 118 Å². The molecule has 1 rings (SSSR count). The Kier molecular flexibility index (Phi) is 5.68. The van der Waals surface area contributed by atoms with Gasteiger partial charge < -0.3 is 0 Å². The first-order valence-electron chi connectivity index (χ1n) is 6.03. The molecule has 116 valence electrons. The summed E-state index contributed by atoms with van der Waals surface area (Å²) in [5, 5.41) is 0. The van der Waals surface area contributed by atoms with Crippen LogP contribution in [0.15, 0.2) is 12.5 Å². The monoisotopic (exact) mass is 327 g/mol. The molecular formula is C10H19N2O6S2+. The largest absolute Gasteiger partial charge is 0.286 e. The Morgan fingerprint density at radius 2 is 1.65 bits per heavy atom. The molecule has 0 aliphatic carbocycles. The van der Waals surface area contributed by atoms with Crippen molar-refractivity contribution < 1.29 is 30.5 Å². The summed E-state index contributed by atoms with van der Waals surface area (Å²) >= 11 is 0. The van der Waals surface area contributed by atoms with Crippen molar-refractivity contribution in [1.29, 1.82) is 0 Å². The van der Waals surface area contributed by atoms with Crippen LogP contribution in [-0.4, -0.2) is 42.0 Å². The normalized spacial score (nSPS) is 12.8. The fourth-order valence-corrected chi connectivity index (χ4v) is 2.81. The summed E-state index contributed by atoms with van der Waals surface area (Å²) in [5.41, 5.74) is 0.896. The van der Waals surface area contributed by atoms with Gasteiger partial charge in [-0.15, -0.1) is 0 Å². The Bertz CT molecular complexity index is 647. The van der Waals surface area contributed by atoms with Gasteiger partial charge in [-0.25, -0.2) is 9.13 Å². The number of hydrogen-bond donors (Lipinski definition) is 2. The smallest absolute Gasteiger partial charge is 0.265 e. The van der Waals surface area contributed by atoms with E-state index in [1.807, 2.05) is 11.5 Å². The van der Waals surface area contributed by atoms with Gasteiger partial charge in [0.1, 0.15) is 11.9 Å². The average Bonchev–Trinajstić information content (AvgIpc) is 2.56. The van der Waals surface area contributed by atoms with E-state index in [2.05, 4.69) is 0 Å². The molecule has 0 spiro atoms. The second-order valence-corrected chi connectivity index (χ2v) is 7.74. The van der Waals surface area contributed by atoms with Crippen molar-refractivity contribution in [2.24, 2.45) is 0 Å². The predicted octanol–water partition coefficient (Wildman–Crippen LogP) is -0.360. The average molecular weight is 327 g/mol. The molecule has 1 aromatic heterocycles. The zero-order valence-electron chi connectivity index (χ0n) is 11.1. The molecule has 0 amide bonds. The minimum Gasteiger partial charge on any atom is -0.286 e. The van der Waals surface area contributed by atoms with Crippen LogP contribution in [0.25, 0.3) is 0 Å². The first-order chi connectivity index (χ1) is 9.07. The minimum atomic E-state index is -3.95. The molecule has 1 aromatic rings. The molecule has 20 heavy (non-hydrogen) atoms. The Balaban J connectivity index is 2.51. The molecule has 0 atom stereocenters. The lowest BCUT2D eigenvalue weighted by Crippen LogP contribution is -2.32. The number of hydrogen-bond acceptors (Lipinski definition) is 4. The highest BCUT2D eigenvalue weighted by Crippen LogP contribution is 2.00. The highest BCUT2D eigenvalue weighted by molar-refractivity contribution is 7.86. The van der Waals surface area contributed by atoms with E-state index in [1.165, 1.54) is 0 Å². The first kappa shape index (κ1) is 17.1. The SMILES string of the molecule is Cc1c[n+](CCCS(=O)(=O)O)cn1CCCS(=O)(=O)O. The fourth-order valence-electron chi connectivity index (χ4n) is 1.82. The summed E-state index contributed by atoms with van der Waals surface area (Å²) < 4.78 is 63.2. The van der Waals surface area contributed by atoms with E-state index >= 15 is 0 Å². The maximum atomic E-state index is 10.6. The lowest BCUT2D eigenvalue weighted by molar-refractivity contribution is -0.696. The van der Waals surface area contributed by atoms with Crippen LogP contribution >= 0.6 is 0 Å². The van der Waals surface area contributed by atoms with Crippen LogP contribution in [0, 0.1) is 6.92 Å². The molecule has 0 unspecified atom stereocenters. The zero-order valence-corrected chi connectivity index (χ0v) is 12.8. The van der Waals surface area contributed by atoms with Gasteiger partial charge in [-0.3, -0.25) is 9.11 Å². The second-order valence-electron chi connectivity index (χ2n) is 4.60. The second kappa shape index (κ2) is 6.66. The predicted molar refractivity (Wildman–Crippen MR) is 71.4 cm³/mol. The molecule has 10 heteroatoms. The minimum absolute atomic E-state index is 0.290. The third-order valence-corrected chi connectivity index (χ3v) is 4.32. The van der Waals surface area contributed by atoms with Crippen LogP contribution < -0.4 is 4.57 Å². The van der Waals surface area contributed by atoms with Gasteiger partial charge in [-0.1, -0.05) is 0 Å². The summed E-state index contributed by atoms with van der Waals surface area (Å²) in [5.74, 6) is -0.597. The van der Waals surface area contributed by atoms with Crippen molar-refractivity contribution in [3.8, 4) is 0 Å². The maximum absolute atomic E-state index is 10.6. The van der Waals surface area contributed by atoms with Crippen LogP contribution in [0.3, 0.4) is 0 Å². The van der Waals surface area contributed by atoms with E-state index in [0.717, 1.165) is 5.69 Å². The van der Waals surface area contributed by atoms with Crippen molar-refractivity contribution in [3.05, 3.63) is 18.2 Å².